The first kappa shape index (κ1) is 64.9. The van der Waals surface area contributed by atoms with Crippen molar-refractivity contribution < 1.29 is 14.7 Å². The van der Waals surface area contributed by atoms with Crippen molar-refractivity contribution in [3.8, 4) is 0 Å². The molecule has 2 amide bonds. The zero-order valence-electron chi connectivity index (χ0n) is 46.9. The van der Waals surface area contributed by atoms with Crippen molar-refractivity contribution in [3.63, 3.8) is 0 Å². The number of amides is 2. The van der Waals surface area contributed by atoms with Gasteiger partial charge in [-0.2, -0.15) is 0 Å². The van der Waals surface area contributed by atoms with Gasteiger partial charge in [0.05, 0.1) is 6.10 Å². The molecule has 0 bridgehead atoms. The number of rotatable bonds is 53. The third-order valence-corrected chi connectivity index (χ3v) is 15.6. The Hall–Kier alpha value is -1.14. The van der Waals surface area contributed by atoms with Crippen molar-refractivity contribution in [3.05, 3.63) is 0 Å². The Morgan fingerprint density at radius 1 is 0.338 bits per heavy atom. The molecule has 6 heteroatoms. The molecule has 68 heavy (non-hydrogen) atoms. The number of carbonyl (C=O) groups is 2. The topological polar surface area (TPSA) is 64.1 Å². The Morgan fingerprint density at radius 3 is 0.868 bits per heavy atom. The van der Waals surface area contributed by atoms with Crippen LogP contribution >= 0.6 is 0 Å². The molecule has 0 aromatic rings. The highest BCUT2D eigenvalue weighted by Gasteiger charge is 2.25. The Balaban J connectivity index is 2.45. The lowest BCUT2D eigenvalue weighted by Crippen LogP contribution is -2.41. The molecule has 1 aliphatic rings. The van der Waals surface area contributed by atoms with E-state index in [0.29, 0.717) is 17.9 Å². The van der Waals surface area contributed by atoms with Gasteiger partial charge in [-0.15, -0.1) is 0 Å². The van der Waals surface area contributed by atoms with E-state index in [0.717, 1.165) is 97.1 Å². The van der Waals surface area contributed by atoms with E-state index in [9.17, 15) is 14.7 Å². The van der Waals surface area contributed by atoms with Gasteiger partial charge in [-0.25, -0.2) is 0 Å². The molecule has 0 heterocycles. The van der Waals surface area contributed by atoms with Crippen LogP contribution in [0.4, 0.5) is 0 Å². The highest BCUT2D eigenvalue weighted by molar-refractivity contribution is 5.76. The SMILES string of the molecule is CCCCCCCCCCN(CCCCCCCCCC)C(=O)CCCCCCCN(CCCCCCCC(=O)N(CCCCCCCCCC)CCCCCCCCCC)[C@@H]1CCC[C@H](O)C1. The molecule has 0 saturated heterocycles. The number of nitrogens with zero attached hydrogens (tertiary/aromatic N) is 3. The van der Waals surface area contributed by atoms with Crippen molar-refractivity contribution in [2.24, 2.45) is 0 Å². The van der Waals surface area contributed by atoms with Crippen LogP contribution in [0.5, 0.6) is 0 Å². The summed E-state index contributed by atoms with van der Waals surface area (Å²) in [6, 6.07) is 0.523. The molecule has 0 unspecified atom stereocenters. The molecule has 1 saturated carbocycles. The Kier molecular flexibility index (Phi) is 48.5. The van der Waals surface area contributed by atoms with Gasteiger partial charge in [0.1, 0.15) is 0 Å². The Labute approximate surface area is 426 Å². The van der Waals surface area contributed by atoms with E-state index in [-0.39, 0.29) is 6.10 Å². The molecule has 0 aromatic heterocycles. The molecule has 0 spiro atoms. The van der Waals surface area contributed by atoms with Crippen LogP contribution < -0.4 is 0 Å². The summed E-state index contributed by atoms with van der Waals surface area (Å²) in [7, 11) is 0. The Bertz CT molecular complexity index is 944. The smallest absolute Gasteiger partial charge is 0.222 e. The summed E-state index contributed by atoms with van der Waals surface area (Å²) >= 11 is 0. The summed E-state index contributed by atoms with van der Waals surface area (Å²) in [5.41, 5.74) is 0. The van der Waals surface area contributed by atoms with Gasteiger partial charge in [-0.3, -0.25) is 9.59 Å². The van der Waals surface area contributed by atoms with Crippen LogP contribution in [-0.2, 0) is 9.59 Å². The number of carbonyl (C=O) groups excluding carboxylic acids is 2. The Morgan fingerprint density at radius 2 is 0.588 bits per heavy atom. The maximum absolute atomic E-state index is 13.5. The van der Waals surface area contributed by atoms with Gasteiger partial charge in [-0.05, 0) is 90.1 Å². The number of unbranched alkanes of at least 4 members (excludes halogenated alkanes) is 36. The third-order valence-electron chi connectivity index (χ3n) is 15.6. The van der Waals surface area contributed by atoms with Crippen LogP contribution in [0.1, 0.15) is 336 Å². The second-order valence-electron chi connectivity index (χ2n) is 22.2. The molecular formula is C62H123N3O3. The standard InChI is InChI=1S/C62H123N3O3/c1-5-9-13-17-21-25-33-43-54-64(55-44-34-26-22-18-14-10-6-2)61(67)50-39-31-29-37-41-52-63(59-48-47-49-60(66)58-59)53-42-38-30-32-40-51-62(68)65(56-45-35-27-23-19-15-11-7-3)57-46-36-28-24-20-16-12-8-4/h59-60,66H,5-58H2,1-4H3/t59-,60+/m1/s1. The zero-order chi connectivity index (χ0) is 49.2. The van der Waals surface area contributed by atoms with Gasteiger partial charge in [0, 0.05) is 45.1 Å². The zero-order valence-corrected chi connectivity index (χ0v) is 46.9. The molecular weight excluding hydrogens is 835 g/mol. The normalized spacial score (nSPS) is 15.1. The number of hydrogen-bond acceptors (Lipinski definition) is 4. The molecule has 6 nitrogen and oxygen atoms in total. The predicted octanol–water partition coefficient (Wildman–Crippen LogP) is 18.5. The summed E-state index contributed by atoms with van der Waals surface area (Å²) in [4.78, 5) is 34.2. The maximum atomic E-state index is 13.5. The first-order chi connectivity index (χ1) is 33.5. The lowest BCUT2D eigenvalue weighted by Gasteiger charge is -2.36. The summed E-state index contributed by atoms with van der Waals surface area (Å²) in [6.45, 7) is 15.3. The number of aliphatic hydroxyl groups is 1. The lowest BCUT2D eigenvalue weighted by molar-refractivity contribution is -0.132. The number of hydrogen-bond donors (Lipinski definition) is 1. The van der Waals surface area contributed by atoms with Crippen LogP contribution in [0, 0.1) is 0 Å². The van der Waals surface area contributed by atoms with E-state index in [1.54, 1.807) is 0 Å². The van der Waals surface area contributed by atoms with Crippen LogP contribution in [-0.4, -0.2) is 83.0 Å². The van der Waals surface area contributed by atoms with E-state index in [1.165, 1.54) is 250 Å². The quantitative estimate of drug-likeness (QED) is 0.0617. The molecule has 1 fully saturated rings. The largest absolute Gasteiger partial charge is 0.393 e. The van der Waals surface area contributed by atoms with Gasteiger partial charge in [-0.1, -0.05) is 246 Å². The minimum Gasteiger partial charge on any atom is -0.393 e. The second kappa shape index (κ2) is 50.8. The van der Waals surface area contributed by atoms with E-state index in [1.807, 2.05) is 0 Å². The molecule has 1 aliphatic carbocycles. The summed E-state index contributed by atoms with van der Waals surface area (Å²) in [5, 5.41) is 10.6. The van der Waals surface area contributed by atoms with E-state index >= 15 is 0 Å². The third kappa shape index (κ3) is 40.5. The monoisotopic (exact) mass is 958 g/mol. The molecule has 0 radical (unpaired) electrons. The first-order valence-electron chi connectivity index (χ1n) is 31.4. The fraction of sp³-hybridized carbons (Fsp3) is 0.968. The van der Waals surface area contributed by atoms with Gasteiger partial charge < -0.3 is 19.8 Å². The molecule has 1 N–H and O–H groups in total. The molecule has 2 atom stereocenters. The average molecular weight is 959 g/mol. The minimum atomic E-state index is -0.136. The van der Waals surface area contributed by atoms with Gasteiger partial charge >= 0.3 is 0 Å². The van der Waals surface area contributed by atoms with Crippen LogP contribution in [0.2, 0.25) is 0 Å². The summed E-state index contributed by atoms with van der Waals surface area (Å²) < 4.78 is 0. The molecule has 1 rings (SSSR count). The fourth-order valence-electron chi connectivity index (χ4n) is 11.0. The molecule has 0 aromatic carbocycles. The van der Waals surface area contributed by atoms with Crippen molar-refractivity contribution in [2.75, 3.05) is 39.3 Å². The maximum Gasteiger partial charge on any atom is 0.222 e. The van der Waals surface area contributed by atoms with E-state index < -0.39 is 0 Å². The van der Waals surface area contributed by atoms with E-state index in [4.69, 9.17) is 0 Å². The van der Waals surface area contributed by atoms with Crippen molar-refractivity contribution in [2.45, 2.75) is 348 Å². The van der Waals surface area contributed by atoms with Gasteiger partial charge in [0.25, 0.3) is 0 Å². The summed E-state index contributed by atoms with van der Waals surface area (Å²) in [6.07, 6.45) is 59.6. The highest BCUT2D eigenvalue weighted by atomic mass is 16.3. The van der Waals surface area contributed by atoms with Crippen molar-refractivity contribution in [1.82, 2.24) is 14.7 Å². The molecule has 0 aliphatic heterocycles. The average Bonchev–Trinajstić information content (AvgIpc) is 3.34. The lowest BCUT2D eigenvalue weighted by atomic mass is 9.91. The van der Waals surface area contributed by atoms with Crippen molar-refractivity contribution >= 4 is 11.8 Å². The van der Waals surface area contributed by atoms with Crippen LogP contribution in [0.3, 0.4) is 0 Å². The van der Waals surface area contributed by atoms with Gasteiger partial charge in [0.2, 0.25) is 11.8 Å². The van der Waals surface area contributed by atoms with Crippen molar-refractivity contribution in [1.29, 1.82) is 0 Å². The minimum absolute atomic E-state index is 0.136. The second-order valence-corrected chi connectivity index (χ2v) is 22.2. The van der Waals surface area contributed by atoms with Crippen LogP contribution in [0.25, 0.3) is 0 Å². The number of aliphatic hydroxyl groups excluding tert-OH is 1. The first-order valence-corrected chi connectivity index (χ1v) is 31.4. The predicted molar refractivity (Wildman–Crippen MR) is 299 cm³/mol. The van der Waals surface area contributed by atoms with Gasteiger partial charge in [0.15, 0.2) is 0 Å². The highest BCUT2D eigenvalue weighted by Crippen LogP contribution is 2.25. The molecule has 404 valence electrons. The van der Waals surface area contributed by atoms with Crippen LogP contribution in [0.15, 0.2) is 0 Å². The van der Waals surface area contributed by atoms with E-state index in [2.05, 4.69) is 42.4 Å². The fourth-order valence-corrected chi connectivity index (χ4v) is 11.0. The summed E-state index contributed by atoms with van der Waals surface area (Å²) in [5.74, 6) is 0.823.